The lowest BCUT2D eigenvalue weighted by molar-refractivity contribution is -0.111. The summed E-state index contributed by atoms with van der Waals surface area (Å²) in [7, 11) is 1.80. The lowest BCUT2D eigenvalue weighted by Crippen LogP contribution is -2.07. The van der Waals surface area contributed by atoms with Gasteiger partial charge in [-0.25, -0.2) is 4.39 Å². The molecule has 0 aliphatic rings. The monoisotopic (exact) mass is 431 g/mol. The molecule has 4 aromatic rings. The van der Waals surface area contributed by atoms with E-state index in [9.17, 15) is 9.18 Å². The molecule has 0 aliphatic heterocycles. The van der Waals surface area contributed by atoms with Crippen LogP contribution in [0.4, 0.5) is 10.1 Å². The second kappa shape index (κ2) is 9.38. The zero-order valence-electron chi connectivity index (χ0n) is 17.7. The number of halogens is 1. The number of anilines is 1. The van der Waals surface area contributed by atoms with Crippen LogP contribution in [0.15, 0.2) is 65.3 Å². The fraction of sp³-hybridized carbons (Fsp3) is 0.167. The van der Waals surface area contributed by atoms with Crippen molar-refractivity contribution in [3.63, 3.8) is 0 Å². The summed E-state index contributed by atoms with van der Waals surface area (Å²) < 4.78 is 20.1. The highest BCUT2D eigenvalue weighted by Gasteiger charge is 2.10. The van der Waals surface area contributed by atoms with Crippen LogP contribution >= 0.6 is 0 Å². The Morgan fingerprint density at radius 2 is 1.91 bits per heavy atom. The van der Waals surface area contributed by atoms with Gasteiger partial charge in [-0.2, -0.15) is 10.1 Å². The number of hydrogen-bond donors (Lipinski definition) is 1. The molecule has 2 aromatic heterocycles. The molecule has 1 amide bonds. The number of amides is 1. The van der Waals surface area contributed by atoms with Crippen LogP contribution < -0.4 is 5.32 Å². The van der Waals surface area contributed by atoms with Crippen LogP contribution in [0.1, 0.15) is 29.8 Å². The number of benzene rings is 2. The number of rotatable bonds is 7. The number of nitrogens with zero attached hydrogens (tertiary/aromatic N) is 4. The van der Waals surface area contributed by atoms with Crippen molar-refractivity contribution in [2.24, 2.45) is 7.05 Å². The number of aryl methyl sites for hydroxylation is 2. The number of carbonyl (C=O) groups is 1. The summed E-state index contributed by atoms with van der Waals surface area (Å²) in [6.07, 6.45) is 6.07. The first-order chi connectivity index (χ1) is 15.5. The Morgan fingerprint density at radius 3 is 2.59 bits per heavy atom. The minimum absolute atomic E-state index is 0.266. The van der Waals surface area contributed by atoms with Gasteiger partial charge in [0, 0.05) is 42.8 Å². The molecule has 32 heavy (non-hydrogen) atoms. The predicted molar refractivity (Wildman–Crippen MR) is 119 cm³/mol. The van der Waals surface area contributed by atoms with Crippen molar-refractivity contribution >= 4 is 17.7 Å². The quantitative estimate of drug-likeness (QED) is 0.438. The molecule has 0 saturated carbocycles. The third-order valence-electron chi connectivity index (χ3n) is 4.90. The number of nitrogens with one attached hydrogen (secondary N) is 1. The van der Waals surface area contributed by atoms with Crippen LogP contribution in [0.5, 0.6) is 0 Å². The Bertz CT molecular complexity index is 1240. The van der Waals surface area contributed by atoms with E-state index < -0.39 is 0 Å². The molecular weight excluding hydrogens is 409 g/mol. The van der Waals surface area contributed by atoms with Crippen molar-refractivity contribution in [1.29, 1.82) is 0 Å². The molecule has 0 fully saturated rings. The highest BCUT2D eigenvalue weighted by molar-refractivity contribution is 6.02. The second-order valence-corrected chi connectivity index (χ2v) is 7.23. The minimum atomic E-state index is -0.304. The highest BCUT2D eigenvalue weighted by Crippen LogP contribution is 2.24. The lowest BCUT2D eigenvalue weighted by atomic mass is 10.1. The molecular formula is C24H22FN5O2. The fourth-order valence-electron chi connectivity index (χ4n) is 3.28. The van der Waals surface area contributed by atoms with Crippen LogP contribution in [0.3, 0.4) is 0 Å². The van der Waals surface area contributed by atoms with E-state index in [1.807, 2.05) is 31.2 Å². The molecule has 8 heteroatoms. The average molecular weight is 431 g/mol. The van der Waals surface area contributed by atoms with Crippen LogP contribution in [0, 0.1) is 5.82 Å². The molecule has 162 valence electrons. The first-order valence-corrected chi connectivity index (χ1v) is 10.2. The van der Waals surface area contributed by atoms with Crippen LogP contribution in [-0.4, -0.2) is 25.8 Å². The third kappa shape index (κ3) is 4.97. The van der Waals surface area contributed by atoms with E-state index in [0.717, 1.165) is 22.4 Å². The standard InChI is InChI=1S/C24H22FN5O2/c1-3-23-28-21(29-32-23)14-16-4-11-20(12-5-16)27-22(31)13-8-18-15-26-30(2)24(18)17-6-9-19(25)10-7-17/h4-13,15H,3,14H2,1-2H3,(H,27,31)/b13-8+. The third-order valence-corrected chi connectivity index (χ3v) is 4.90. The first-order valence-electron chi connectivity index (χ1n) is 10.2. The summed E-state index contributed by atoms with van der Waals surface area (Å²) in [5, 5.41) is 11.0. The zero-order chi connectivity index (χ0) is 22.5. The molecule has 0 radical (unpaired) electrons. The van der Waals surface area contributed by atoms with Gasteiger partial charge in [-0.05, 0) is 48.0 Å². The van der Waals surface area contributed by atoms with Gasteiger partial charge in [0.05, 0.1) is 11.9 Å². The smallest absolute Gasteiger partial charge is 0.248 e. The predicted octanol–water partition coefficient (Wildman–Crippen LogP) is 4.41. The van der Waals surface area contributed by atoms with Crippen LogP contribution in [-0.2, 0) is 24.7 Å². The van der Waals surface area contributed by atoms with Gasteiger partial charge in [0.15, 0.2) is 5.82 Å². The molecule has 4 rings (SSSR count). The van der Waals surface area contributed by atoms with Gasteiger partial charge in [0.25, 0.3) is 0 Å². The number of aromatic nitrogens is 4. The van der Waals surface area contributed by atoms with E-state index in [2.05, 4.69) is 20.6 Å². The number of hydrogen-bond acceptors (Lipinski definition) is 5. The first kappa shape index (κ1) is 21.2. The molecule has 0 saturated heterocycles. The summed E-state index contributed by atoms with van der Waals surface area (Å²) in [5.41, 5.74) is 4.06. The molecule has 7 nitrogen and oxygen atoms in total. The highest BCUT2D eigenvalue weighted by atomic mass is 19.1. The van der Waals surface area contributed by atoms with Crippen LogP contribution in [0.25, 0.3) is 17.3 Å². The van der Waals surface area contributed by atoms with Crippen molar-refractivity contribution in [1.82, 2.24) is 19.9 Å². The van der Waals surface area contributed by atoms with Gasteiger partial charge < -0.3 is 9.84 Å². The van der Waals surface area contributed by atoms with E-state index >= 15 is 0 Å². The number of carbonyl (C=O) groups excluding carboxylic acids is 1. The Balaban J connectivity index is 1.40. The normalized spacial score (nSPS) is 11.2. The maximum absolute atomic E-state index is 13.2. The molecule has 0 unspecified atom stereocenters. The SMILES string of the molecule is CCc1nc(Cc2ccc(NC(=O)/C=C/c3cnn(C)c3-c3ccc(F)cc3)cc2)no1. The lowest BCUT2D eigenvalue weighted by Gasteiger charge is -2.05. The van der Waals surface area contributed by atoms with Crippen molar-refractivity contribution in [3.05, 3.63) is 89.5 Å². The van der Waals surface area contributed by atoms with E-state index in [4.69, 9.17) is 4.52 Å². The molecule has 0 bridgehead atoms. The summed E-state index contributed by atoms with van der Waals surface area (Å²) in [6.45, 7) is 1.96. The van der Waals surface area contributed by atoms with Crippen molar-refractivity contribution in [3.8, 4) is 11.3 Å². The summed E-state index contributed by atoms with van der Waals surface area (Å²) >= 11 is 0. The summed E-state index contributed by atoms with van der Waals surface area (Å²) in [4.78, 5) is 16.7. The Morgan fingerprint density at radius 1 is 1.16 bits per heavy atom. The second-order valence-electron chi connectivity index (χ2n) is 7.23. The van der Waals surface area contributed by atoms with Gasteiger partial charge in [-0.3, -0.25) is 9.48 Å². The van der Waals surface area contributed by atoms with Crippen molar-refractivity contribution in [2.75, 3.05) is 5.32 Å². The Labute approximate surface area is 184 Å². The maximum Gasteiger partial charge on any atom is 0.248 e. The fourth-order valence-corrected chi connectivity index (χ4v) is 3.28. The zero-order valence-corrected chi connectivity index (χ0v) is 17.7. The average Bonchev–Trinajstić information content (AvgIpc) is 3.40. The van der Waals surface area contributed by atoms with E-state index in [0.29, 0.717) is 30.2 Å². The molecule has 1 N–H and O–H groups in total. The molecule has 0 atom stereocenters. The van der Waals surface area contributed by atoms with E-state index in [1.54, 1.807) is 36.1 Å². The van der Waals surface area contributed by atoms with Gasteiger partial charge in [-0.15, -0.1) is 0 Å². The van der Waals surface area contributed by atoms with Crippen LogP contribution in [0.2, 0.25) is 0 Å². The minimum Gasteiger partial charge on any atom is -0.339 e. The van der Waals surface area contributed by atoms with Gasteiger partial charge in [-0.1, -0.05) is 24.2 Å². The largest absolute Gasteiger partial charge is 0.339 e. The van der Waals surface area contributed by atoms with E-state index in [1.165, 1.54) is 18.2 Å². The Kier molecular flexibility index (Phi) is 6.21. The molecule has 2 aromatic carbocycles. The topological polar surface area (TPSA) is 85.8 Å². The van der Waals surface area contributed by atoms with Gasteiger partial charge in [0.2, 0.25) is 11.8 Å². The van der Waals surface area contributed by atoms with E-state index in [-0.39, 0.29) is 11.7 Å². The Hall–Kier alpha value is -4.07. The van der Waals surface area contributed by atoms with Gasteiger partial charge in [0.1, 0.15) is 5.82 Å². The van der Waals surface area contributed by atoms with Gasteiger partial charge >= 0.3 is 0 Å². The van der Waals surface area contributed by atoms with Crippen molar-refractivity contribution in [2.45, 2.75) is 19.8 Å². The summed E-state index contributed by atoms with van der Waals surface area (Å²) in [5.74, 6) is 0.681. The maximum atomic E-state index is 13.2. The molecule has 2 heterocycles. The molecule has 0 spiro atoms. The summed E-state index contributed by atoms with van der Waals surface area (Å²) in [6, 6.07) is 13.6. The molecule has 0 aliphatic carbocycles. The van der Waals surface area contributed by atoms with Crippen molar-refractivity contribution < 1.29 is 13.7 Å².